The van der Waals surface area contributed by atoms with Crippen molar-refractivity contribution in [1.82, 2.24) is 10.2 Å². The molecular weight excluding hydrogens is 362 g/mol. The molecule has 1 aliphatic rings. The minimum atomic E-state index is -0.849. The molecule has 1 saturated heterocycles. The summed E-state index contributed by atoms with van der Waals surface area (Å²) in [6.45, 7) is 5.97. The van der Waals surface area contributed by atoms with Crippen molar-refractivity contribution in [3.63, 3.8) is 0 Å². The average molecular weight is 395 g/mol. The van der Waals surface area contributed by atoms with Gasteiger partial charge in [0, 0.05) is 31.6 Å². The summed E-state index contributed by atoms with van der Waals surface area (Å²) in [4.78, 5) is 26.2. The van der Waals surface area contributed by atoms with E-state index in [-0.39, 0.29) is 17.4 Å². The summed E-state index contributed by atoms with van der Waals surface area (Å²) in [6, 6.07) is 2.97. The number of likely N-dealkylation sites (tertiary alicyclic amines) is 1. The summed E-state index contributed by atoms with van der Waals surface area (Å²) in [7, 11) is 0. The van der Waals surface area contributed by atoms with Crippen LogP contribution in [0.4, 0.5) is 8.78 Å². The first-order valence-electron chi connectivity index (χ1n) is 10.4. The van der Waals surface area contributed by atoms with Gasteiger partial charge in [0.25, 0.3) is 5.91 Å². The maximum Gasteiger partial charge on any atom is 0.256 e. The standard InChI is InChI=1S/C22H32F2N2O2/c1-16(2)7-5-3-4-6-12-25-21(27)17-10-13-26(14-11-17)22(28)19-9-8-18(23)15-20(19)24/h8-9,15-17H,3-7,10-14H2,1-2H3,(H,25,27). The zero-order chi connectivity index (χ0) is 20.5. The Morgan fingerprint density at radius 2 is 1.79 bits per heavy atom. The third kappa shape index (κ3) is 6.88. The Morgan fingerprint density at radius 1 is 1.11 bits per heavy atom. The number of piperidine rings is 1. The van der Waals surface area contributed by atoms with Crippen LogP contribution in [0.25, 0.3) is 0 Å². The Balaban J connectivity index is 1.67. The summed E-state index contributed by atoms with van der Waals surface area (Å²) < 4.78 is 26.8. The van der Waals surface area contributed by atoms with Gasteiger partial charge >= 0.3 is 0 Å². The number of carbonyl (C=O) groups is 2. The molecule has 28 heavy (non-hydrogen) atoms. The first-order valence-corrected chi connectivity index (χ1v) is 10.4. The predicted octanol–water partition coefficient (Wildman–Crippen LogP) is 4.54. The molecule has 6 heteroatoms. The molecule has 156 valence electrons. The van der Waals surface area contributed by atoms with Crippen LogP contribution in [0.5, 0.6) is 0 Å². The van der Waals surface area contributed by atoms with E-state index in [1.807, 2.05) is 0 Å². The van der Waals surface area contributed by atoms with E-state index in [9.17, 15) is 18.4 Å². The number of nitrogens with zero attached hydrogens (tertiary/aromatic N) is 1. The number of benzene rings is 1. The lowest BCUT2D eigenvalue weighted by Gasteiger charge is -2.31. The molecule has 0 radical (unpaired) electrons. The van der Waals surface area contributed by atoms with Crippen molar-refractivity contribution in [3.05, 3.63) is 35.4 Å². The van der Waals surface area contributed by atoms with Crippen LogP contribution in [-0.4, -0.2) is 36.3 Å². The number of nitrogens with one attached hydrogen (secondary N) is 1. The van der Waals surface area contributed by atoms with Crippen LogP contribution in [0.15, 0.2) is 18.2 Å². The number of halogens is 2. The molecule has 0 spiro atoms. The van der Waals surface area contributed by atoms with Gasteiger partial charge < -0.3 is 10.2 Å². The van der Waals surface area contributed by atoms with Gasteiger partial charge in [0.05, 0.1) is 5.56 Å². The predicted molar refractivity (Wildman–Crippen MR) is 106 cm³/mol. The fraction of sp³-hybridized carbons (Fsp3) is 0.636. The molecule has 1 aromatic carbocycles. The molecule has 1 N–H and O–H groups in total. The molecule has 0 atom stereocenters. The van der Waals surface area contributed by atoms with Crippen molar-refractivity contribution in [2.24, 2.45) is 11.8 Å². The first-order chi connectivity index (χ1) is 13.4. The Kier molecular flexibility index (Phi) is 8.87. The second-order valence-corrected chi connectivity index (χ2v) is 8.08. The van der Waals surface area contributed by atoms with Gasteiger partial charge in [-0.3, -0.25) is 9.59 Å². The Morgan fingerprint density at radius 3 is 2.43 bits per heavy atom. The summed E-state index contributed by atoms with van der Waals surface area (Å²) >= 11 is 0. The topological polar surface area (TPSA) is 49.4 Å². The van der Waals surface area contributed by atoms with Crippen LogP contribution in [0.1, 0.15) is 69.2 Å². The lowest BCUT2D eigenvalue weighted by molar-refractivity contribution is -0.126. The van der Waals surface area contributed by atoms with Crippen LogP contribution in [0.3, 0.4) is 0 Å². The van der Waals surface area contributed by atoms with Gasteiger partial charge in [-0.1, -0.05) is 39.5 Å². The van der Waals surface area contributed by atoms with Crippen LogP contribution >= 0.6 is 0 Å². The molecule has 0 bridgehead atoms. The number of amides is 2. The lowest BCUT2D eigenvalue weighted by Crippen LogP contribution is -2.43. The van der Waals surface area contributed by atoms with E-state index in [2.05, 4.69) is 19.2 Å². The molecule has 0 saturated carbocycles. The van der Waals surface area contributed by atoms with Crippen LogP contribution in [0, 0.1) is 23.5 Å². The molecule has 0 aromatic heterocycles. The Hall–Kier alpha value is -1.98. The maximum absolute atomic E-state index is 13.8. The summed E-state index contributed by atoms with van der Waals surface area (Å²) in [6.07, 6.45) is 6.95. The third-order valence-electron chi connectivity index (χ3n) is 5.32. The van der Waals surface area contributed by atoms with E-state index >= 15 is 0 Å². The highest BCUT2D eigenvalue weighted by Crippen LogP contribution is 2.21. The zero-order valence-electron chi connectivity index (χ0n) is 17.0. The smallest absolute Gasteiger partial charge is 0.256 e. The van der Waals surface area contributed by atoms with Crippen molar-refractivity contribution in [1.29, 1.82) is 0 Å². The second-order valence-electron chi connectivity index (χ2n) is 8.08. The van der Waals surface area contributed by atoms with E-state index in [1.165, 1.54) is 30.2 Å². The number of rotatable bonds is 9. The monoisotopic (exact) mass is 394 g/mol. The van der Waals surface area contributed by atoms with Gasteiger partial charge in [0.1, 0.15) is 11.6 Å². The van der Waals surface area contributed by atoms with Crippen molar-refractivity contribution in [2.75, 3.05) is 19.6 Å². The van der Waals surface area contributed by atoms with Crippen LogP contribution in [0.2, 0.25) is 0 Å². The van der Waals surface area contributed by atoms with Gasteiger partial charge in [-0.05, 0) is 37.3 Å². The lowest BCUT2D eigenvalue weighted by atomic mass is 9.95. The van der Waals surface area contributed by atoms with E-state index in [4.69, 9.17) is 0 Å². The third-order valence-corrected chi connectivity index (χ3v) is 5.32. The molecule has 2 amide bonds. The molecule has 0 unspecified atom stereocenters. The van der Waals surface area contributed by atoms with Gasteiger partial charge in [0.2, 0.25) is 5.91 Å². The maximum atomic E-state index is 13.8. The summed E-state index contributed by atoms with van der Waals surface area (Å²) in [5.41, 5.74) is -0.123. The molecule has 1 aromatic rings. The number of hydrogen-bond acceptors (Lipinski definition) is 2. The fourth-order valence-electron chi connectivity index (χ4n) is 3.57. The van der Waals surface area contributed by atoms with E-state index < -0.39 is 17.5 Å². The number of carbonyl (C=O) groups excluding carboxylic acids is 2. The SMILES string of the molecule is CC(C)CCCCCCNC(=O)C1CCN(C(=O)c2ccc(F)cc2F)CC1. The summed E-state index contributed by atoms with van der Waals surface area (Å²) in [5.74, 6) is -1.32. The molecule has 1 heterocycles. The van der Waals surface area contributed by atoms with Crippen LogP contribution in [-0.2, 0) is 4.79 Å². The van der Waals surface area contributed by atoms with Gasteiger partial charge in [0.15, 0.2) is 0 Å². The normalized spacial score (nSPS) is 15.1. The van der Waals surface area contributed by atoms with E-state index in [0.29, 0.717) is 32.5 Å². The first kappa shape index (κ1) is 22.3. The molecule has 0 aliphatic carbocycles. The molecule has 1 aliphatic heterocycles. The molecule has 2 rings (SSSR count). The Labute approximate surface area is 166 Å². The molecule has 1 fully saturated rings. The van der Waals surface area contributed by atoms with Gasteiger partial charge in [-0.15, -0.1) is 0 Å². The van der Waals surface area contributed by atoms with Crippen molar-refractivity contribution in [3.8, 4) is 0 Å². The summed E-state index contributed by atoms with van der Waals surface area (Å²) in [5, 5.41) is 3.00. The average Bonchev–Trinajstić information content (AvgIpc) is 2.66. The van der Waals surface area contributed by atoms with Crippen molar-refractivity contribution >= 4 is 11.8 Å². The zero-order valence-corrected chi connectivity index (χ0v) is 17.0. The van der Waals surface area contributed by atoms with Gasteiger partial charge in [-0.2, -0.15) is 0 Å². The van der Waals surface area contributed by atoms with E-state index in [0.717, 1.165) is 30.9 Å². The minimum Gasteiger partial charge on any atom is -0.356 e. The van der Waals surface area contributed by atoms with Crippen molar-refractivity contribution < 1.29 is 18.4 Å². The molecular formula is C22H32F2N2O2. The minimum absolute atomic E-state index is 0.0437. The highest BCUT2D eigenvalue weighted by atomic mass is 19.1. The number of unbranched alkanes of at least 4 members (excludes halogenated alkanes) is 3. The quantitative estimate of drug-likeness (QED) is 0.625. The number of hydrogen-bond donors (Lipinski definition) is 1. The van der Waals surface area contributed by atoms with Crippen LogP contribution < -0.4 is 5.32 Å². The largest absolute Gasteiger partial charge is 0.356 e. The fourth-order valence-corrected chi connectivity index (χ4v) is 3.57. The second kappa shape index (κ2) is 11.1. The highest BCUT2D eigenvalue weighted by molar-refractivity contribution is 5.94. The molecule has 4 nitrogen and oxygen atoms in total. The van der Waals surface area contributed by atoms with Gasteiger partial charge in [-0.25, -0.2) is 8.78 Å². The van der Waals surface area contributed by atoms with E-state index in [1.54, 1.807) is 0 Å². The highest BCUT2D eigenvalue weighted by Gasteiger charge is 2.28. The van der Waals surface area contributed by atoms with Crippen molar-refractivity contribution in [2.45, 2.75) is 58.8 Å². The Bertz CT molecular complexity index is 656.